The number of halogens is 3. The van der Waals surface area contributed by atoms with Gasteiger partial charge in [-0.2, -0.15) is 13.2 Å². The van der Waals surface area contributed by atoms with Gasteiger partial charge in [-0.05, 0) is 30.7 Å². The predicted octanol–water partition coefficient (Wildman–Crippen LogP) is 3.90. The number of hydrogen-bond donors (Lipinski definition) is 1. The van der Waals surface area contributed by atoms with Crippen molar-refractivity contribution in [2.24, 2.45) is 0 Å². The third-order valence-corrected chi connectivity index (χ3v) is 2.46. The molecule has 1 N–H and O–H groups in total. The van der Waals surface area contributed by atoms with Crippen molar-refractivity contribution in [1.82, 2.24) is 0 Å². The van der Waals surface area contributed by atoms with Gasteiger partial charge < -0.3 is 9.84 Å². The highest BCUT2D eigenvalue weighted by Crippen LogP contribution is 2.21. The van der Waals surface area contributed by atoms with Crippen LogP contribution in [0.5, 0.6) is 5.75 Å². The van der Waals surface area contributed by atoms with Crippen molar-refractivity contribution >= 4 is 11.5 Å². The van der Waals surface area contributed by atoms with Crippen molar-refractivity contribution in [3.63, 3.8) is 0 Å². The minimum atomic E-state index is -4.99. The normalized spacial score (nSPS) is 12.3. The fourth-order valence-corrected chi connectivity index (χ4v) is 1.35. The van der Waals surface area contributed by atoms with Crippen LogP contribution in [0.2, 0.25) is 0 Å². The second-order valence-electron chi connectivity index (χ2n) is 4.12. The molecule has 0 spiro atoms. The number of hydrogen-bond acceptors (Lipinski definition) is 3. The van der Waals surface area contributed by atoms with Crippen LogP contribution >= 0.6 is 0 Å². The van der Waals surface area contributed by atoms with Crippen molar-refractivity contribution in [1.29, 1.82) is 0 Å². The number of benzene rings is 1. The van der Waals surface area contributed by atoms with Crippen molar-refractivity contribution < 1.29 is 27.8 Å². The monoisotopic (exact) mass is 288 g/mol. The molecule has 0 unspecified atom stereocenters. The van der Waals surface area contributed by atoms with Gasteiger partial charge in [-0.1, -0.05) is 13.3 Å². The molecule has 0 fully saturated rings. The number of carbonyl (C=O) groups excluding carboxylic acids is 1. The minimum Gasteiger partial charge on any atom is -0.507 e. The molecule has 0 bridgehead atoms. The van der Waals surface area contributed by atoms with E-state index in [1.807, 2.05) is 6.92 Å². The van der Waals surface area contributed by atoms with E-state index in [2.05, 4.69) is 0 Å². The summed E-state index contributed by atoms with van der Waals surface area (Å²) in [5, 5.41) is 9.46. The smallest absolute Gasteiger partial charge is 0.454 e. The molecule has 0 aliphatic rings. The molecule has 1 aromatic carbocycles. The lowest BCUT2D eigenvalue weighted by atomic mass is 10.1. The van der Waals surface area contributed by atoms with E-state index in [1.165, 1.54) is 24.3 Å². The van der Waals surface area contributed by atoms with Gasteiger partial charge in [0, 0.05) is 11.6 Å². The first-order chi connectivity index (χ1) is 9.34. The Hall–Kier alpha value is -1.98. The van der Waals surface area contributed by atoms with Gasteiger partial charge in [0.2, 0.25) is 0 Å². The van der Waals surface area contributed by atoms with E-state index >= 15 is 0 Å². The van der Waals surface area contributed by atoms with Gasteiger partial charge in [0.05, 0.1) is 6.61 Å². The van der Waals surface area contributed by atoms with Crippen LogP contribution in [-0.4, -0.2) is 23.7 Å². The number of aliphatic hydroxyl groups is 1. The Kier molecular flexibility index (Phi) is 5.61. The molecule has 3 nitrogen and oxygen atoms in total. The molecule has 0 atom stereocenters. The number of unbranched alkanes of at least 4 members (excludes halogenated alkanes) is 1. The third-order valence-electron chi connectivity index (χ3n) is 2.46. The van der Waals surface area contributed by atoms with Crippen molar-refractivity contribution in [3.05, 3.63) is 35.9 Å². The van der Waals surface area contributed by atoms with Gasteiger partial charge in [-0.15, -0.1) is 0 Å². The van der Waals surface area contributed by atoms with Gasteiger partial charge in [0.15, 0.2) is 0 Å². The average molecular weight is 288 g/mol. The quantitative estimate of drug-likeness (QED) is 0.490. The van der Waals surface area contributed by atoms with E-state index < -0.39 is 17.7 Å². The first-order valence-electron chi connectivity index (χ1n) is 6.09. The molecule has 0 aliphatic heterocycles. The van der Waals surface area contributed by atoms with Crippen LogP contribution in [0.3, 0.4) is 0 Å². The SMILES string of the molecule is CCCCOc1ccc(/C(O)=C/C(=O)C(F)(F)F)cc1. The maximum Gasteiger partial charge on any atom is 0.454 e. The van der Waals surface area contributed by atoms with Crippen molar-refractivity contribution in [2.45, 2.75) is 25.9 Å². The number of rotatable bonds is 6. The number of alkyl halides is 3. The van der Waals surface area contributed by atoms with Crippen LogP contribution in [0.25, 0.3) is 5.76 Å². The largest absolute Gasteiger partial charge is 0.507 e. The first kappa shape index (κ1) is 16.1. The molecule has 6 heteroatoms. The van der Waals surface area contributed by atoms with E-state index in [0.717, 1.165) is 12.8 Å². The molecule has 0 heterocycles. The van der Waals surface area contributed by atoms with Gasteiger partial charge in [-0.3, -0.25) is 4.79 Å². The van der Waals surface area contributed by atoms with E-state index in [0.29, 0.717) is 12.4 Å². The topological polar surface area (TPSA) is 46.5 Å². The average Bonchev–Trinajstić information content (AvgIpc) is 2.38. The summed E-state index contributed by atoms with van der Waals surface area (Å²) in [6.07, 6.45) is -2.95. The molecule has 1 rings (SSSR count). The van der Waals surface area contributed by atoms with Crippen molar-refractivity contribution in [3.8, 4) is 5.75 Å². The predicted molar refractivity (Wildman–Crippen MR) is 68.5 cm³/mol. The number of aliphatic hydroxyl groups excluding tert-OH is 1. The van der Waals surface area contributed by atoms with Gasteiger partial charge >= 0.3 is 6.18 Å². The first-order valence-corrected chi connectivity index (χ1v) is 6.09. The molecule has 20 heavy (non-hydrogen) atoms. The highest BCUT2D eigenvalue weighted by molar-refractivity contribution is 5.99. The third kappa shape index (κ3) is 4.95. The summed E-state index contributed by atoms with van der Waals surface area (Å²) in [5.74, 6) is -2.28. The van der Waals surface area contributed by atoms with Crippen LogP contribution in [0, 0.1) is 0 Å². The zero-order valence-electron chi connectivity index (χ0n) is 10.9. The molecule has 1 aromatic rings. The summed E-state index contributed by atoms with van der Waals surface area (Å²) in [6, 6.07) is 5.81. The van der Waals surface area contributed by atoms with Gasteiger partial charge in [0.25, 0.3) is 5.78 Å². The number of allylic oxidation sites excluding steroid dienone is 1. The maximum absolute atomic E-state index is 12.0. The minimum absolute atomic E-state index is 0.116. The number of carbonyl (C=O) groups is 1. The summed E-state index contributed by atoms with van der Waals surface area (Å²) in [6.45, 7) is 2.57. The summed E-state index contributed by atoms with van der Waals surface area (Å²) in [7, 11) is 0. The Morgan fingerprint density at radius 1 is 1.30 bits per heavy atom. The highest BCUT2D eigenvalue weighted by Gasteiger charge is 2.36. The Labute approximate surface area is 114 Å². The Morgan fingerprint density at radius 2 is 1.90 bits per heavy atom. The molecule has 0 saturated heterocycles. The fourth-order valence-electron chi connectivity index (χ4n) is 1.35. The highest BCUT2D eigenvalue weighted by atomic mass is 19.4. The molecule has 0 aromatic heterocycles. The van der Waals surface area contributed by atoms with Gasteiger partial charge in [0.1, 0.15) is 11.5 Å². The lowest BCUT2D eigenvalue weighted by molar-refractivity contribution is -0.165. The molecule has 0 radical (unpaired) electrons. The van der Waals surface area contributed by atoms with E-state index in [9.17, 15) is 23.1 Å². The molecule has 0 aliphatic carbocycles. The van der Waals surface area contributed by atoms with Crippen LogP contribution in [0.4, 0.5) is 13.2 Å². The lowest BCUT2D eigenvalue weighted by Crippen LogP contribution is -2.20. The fraction of sp³-hybridized carbons (Fsp3) is 0.357. The Morgan fingerprint density at radius 3 is 2.40 bits per heavy atom. The number of ketones is 1. The zero-order valence-corrected chi connectivity index (χ0v) is 10.9. The Balaban J connectivity index is 2.73. The standard InChI is InChI=1S/C14H15F3O3/c1-2-3-8-20-11-6-4-10(5-7-11)12(18)9-13(19)14(15,16)17/h4-7,9,18H,2-3,8H2,1H3/b12-9-. The van der Waals surface area contributed by atoms with Crippen LogP contribution in [-0.2, 0) is 4.79 Å². The van der Waals surface area contributed by atoms with E-state index in [-0.39, 0.29) is 11.6 Å². The van der Waals surface area contributed by atoms with E-state index in [1.54, 1.807) is 0 Å². The molecular weight excluding hydrogens is 273 g/mol. The summed E-state index contributed by atoms with van der Waals surface area (Å²) in [4.78, 5) is 10.7. The second kappa shape index (κ2) is 6.98. The molecule has 0 amide bonds. The molecule has 0 saturated carbocycles. The lowest BCUT2D eigenvalue weighted by Gasteiger charge is -2.06. The molecule has 110 valence electrons. The Bertz CT molecular complexity index is 475. The molecular formula is C14H15F3O3. The number of ether oxygens (including phenoxy) is 1. The second-order valence-corrected chi connectivity index (χ2v) is 4.12. The van der Waals surface area contributed by atoms with Crippen LogP contribution in [0.15, 0.2) is 30.3 Å². The van der Waals surface area contributed by atoms with Gasteiger partial charge in [-0.25, -0.2) is 0 Å². The van der Waals surface area contributed by atoms with Crippen LogP contribution in [0.1, 0.15) is 25.3 Å². The maximum atomic E-state index is 12.0. The van der Waals surface area contributed by atoms with E-state index in [4.69, 9.17) is 4.74 Å². The zero-order chi connectivity index (χ0) is 15.2. The summed E-state index contributed by atoms with van der Waals surface area (Å²) >= 11 is 0. The van der Waals surface area contributed by atoms with Crippen LogP contribution < -0.4 is 4.74 Å². The summed E-state index contributed by atoms with van der Waals surface area (Å²) in [5.41, 5.74) is 0.116. The summed E-state index contributed by atoms with van der Waals surface area (Å²) < 4.78 is 41.5. The van der Waals surface area contributed by atoms with Crippen molar-refractivity contribution in [2.75, 3.05) is 6.61 Å².